The van der Waals surface area contributed by atoms with Crippen LogP contribution in [0.3, 0.4) is 0 Å². The van der Waals surface area contributed by atoms with Gasteiger partial charge in [0, 0.05) is 42.5 Å². The summed E-state index contributed by atoms with van der Waals surface area (Å²) < 4.78 is 0. The average Bonchev–Trinajstić information content (AvgIpc) is 3.02. The molecule has 7 heteroatoms. The molecule has 2 aromatic rings. The summed E-state index contributed by atoms with van der Waals surface area (Å²) in [6, 6.07) is 5.36. The second-order valence-corrected chi connectivity index (χ2v) is 7.30. The lowest BCUT2D eigenvalue weighted by Crippen LogP contribution is -2.28. The van der Waals surface area contributed by atoms with Crippen LogP contribution >= 0.6 is 0 Å². The van der Waals surface area contributed by atoms with Crippen LogP contribution in [-0.2, 0) is 0 Å². The second kappa shape index (κ2) is 5.73. The van der Waals surface area contributed by atoms with Gasteiger partial charge >= 0.3 is 0 Å². The van der Waals surface area contributed by atoms with Crippen molar-refractivity contribution < 1.29 is 0 Å². The first-order chi connectivity index (χ1) is 11.8. The van der Waals surface area contributed by atoms with Crippen LogP contribution in [-0.4, -0.2) is 38.8 Å². The molecule has 126 valence electrons. The number of fused-ring (bicyclic) bond motifs is 2. The van der Waals surface area contributed by atoms with E-state index >= 15 is 0 Å². The number of aromatic amines is 1. The molecular formula is C17H23N7. The van der Waals surface area contributed by atoms with E-state index in [1.807, 2.05) is 6.07 Å². The van der Waals surface area contributed by atoms with Gasteiger partial charge < -0.3 is 16.0 Å². The maximum Gasteiger partial charge on any atom is 0.224 e. The Morgan fingerprint density at radius 1 is 1.17 bits per heavy atom. The van der Waals surface area contributed by atoms with Crippen LogP contribution in [0.4, 0.5) is 17.6 Å². The fraction of sp³-hybridized carbons (Fsp3) is 0.588. The molecule has 3 aliphatic rings. The summed E-state index contributed by atoms with van der Waals surface area (Å²) in [7, 11) is 0. The lowest BCUT2D eigenvalue weighted by molar-refractivity contribution is 0.423. The molecule has 3 unspecified atom stereocenters. The Kier molecular flexibility index (Phi) is 3.40. The van der Waals surface area contributed by atoms with E-state index in [-0.39, 0.29) is 0 Å². The summed E-state index contributed by atoms with van der Waals surface area (Å²) in [4.78, 5) is 8.89. The van der Waals surface area contributed by atoms with Crippen LogP contribution in [0.25, 0.3) is 0 Å². The number of H-pyrrole nitrogens is 1. The van der Waals surface area contributed by atoms with E-state index in [0.717, 1.165) is 24.2 Å². The molecule has 3 atom stereocenters. The highest BCUT2D eigenvalue weighted by Gasteiger charge is 2.38. The molecule has 3 fully saturated rings. The molecule has 2 saturated heterocycles. The number of anilines is 3. The predicted molar refractivity (Wildman–Crippen MR) is 92.4 cm³/mol. The minimum absolute atomic E-state index is 0.672. The van der Waals surface area contributed by atoms with E-state index in [4.69, 9.17) is 0 Å². The van der Waals surface area contributed by atoms with Gasteiger partial charge in [0.2, 0.25) is 5.95 Å². The molecule has 4 N–H and O–H groups in total. The van der Waals surface area contributed by atoms with Crippen LogP contribution in [0.15, 0.2) is 18.3 Å². The van der Waals surface area contributed by atoms with Crippen molar-refractivity contribution in [3.05, 3.63) is 24.0 Å². The number of hydrogen-bond acceptors (Lipinski definition) is 6. The Morgan fingerprint density at radius 2 is 2.12 bits per heavy atom. The first-order valence-electron chi connectivity index (χ1n) is 8.99. The number of rotatable bonds is 6. The molecule has 24 heavy (non-hydrogen) atoms. The standard InChI is InChI=1S/C17H23N7/c1-2-10(1)14-8-16(24-23-14)21-15-5-6-18-17(22-15)19-9-11-7-12-3-4-13(11)20-12/h5-6,8,10-13,20H,1-4,7,9H2,(H3,18,19,21,22,23,24). The van der Waals surface area contributed by atoms with Crippen LogP contribution in [0.2, 0.25) is 0 Å². The molecular weight excluding hydrogens is 302 g/mol. The smallest absolute Gasteiger partial charge is 0.224 e. The highest BCUT2D eigenvalue weighted by atomic mass is 15.2. The molecule has 7 nitrogen and oxygen atoms in total. The second-order valence-electron chi connectivity index (χ2n) is 7.30. The highest BCUT2D eigenvalue weighted by molar-refractivity contribution is 5.53. The molecule has 0 radical (unpaired) electrons. The maximum absolute atomic E-state index is 4.55. The van der Waals surface area contributed by atoms with E-state index in [2.05, 4.69) is 42.2 Å². The third-order valence-electron chi connectivity index (χ3n) is 5.48. The lowest BCUT2D eigenvalue weighted by Gasteiger charge is -2.20. The molecule has 1 aliphatic carbocycles. The molecule has 2 bridgehead atoms. The van der Waals surface area contributed by atoms with Crippen molar-refractivity contribution in [1.29, 1.82) is 0 Å². The zero-order chi connectivity index (χ0) is 15.9. The number of hydrogen-bond donors (Lipinski definition) is 4. The van der Waals surface area contributed by atoms with Gasteiger partial charge in [-0.05, 0) is 44.1 Å². The van der Waals surface area contributed by atoms with Gasteiger partial charge in [-0.2, -0.15) is 10.1 Å². The Balaban J connectivity index is 1.21. The summed E-state index contributed by atoms with van der Waals surface area (Å²) >= 11 is 0. The van der Waals surface area contributed by atoms with Gasteiger partial charge in [-0.15, -0.1) is 0 Å². The molecule has 0 amide bonds. The molecule has 4 heterocycles. The minimum Gasteiger partial charge on any atom is -0.354 e. The van der Waals surface area contributed by atoms with Crippen molar-refractivity contribution in [2.45, 2.75) is 50.1 Å². The molecule has 2 aromatic heterocycles. The molecule has 5 rings (SSSR count). The van der Waals surface area contributed by atoms with Crippen molar-refractivity contribution in [2.75, 3.05) is 17.2 Å². The first kappa shape index (κ1) is 14.2. The van der Waals surface area contributed by atoms with Crippen LogP contribution in [0.1, 0.15) is 43.7 Å². The lowest BCUT2D eigenvalue weighted by atomic mass is 9.89. The normalized spacial score (nSPS) is 28.2. The number of nitrogens with zero attached hydrogens (tertiary/aromatic N) is 3. The highest BCUT2D eigenvalue weighted by Crippen LogP contribution is 2.39. The summed E-state index contributed by atoms with van der Waals surface area (Å²) in [6.45, 7) is 0.936. The number of nitrogens with one attached hydrogen (secondary N) is 4. The fourth-order valence-electron chi connectivity index (χ4n) is 4.03. The zero-order valence-corrected chi connectivity index (χ0v) is 13.6. The van der Waals surface area contributed by atoms with Crippen molar-refractivity contribution in [3.8, 4) is 0 Å². The Hall–Kier alpha value is -2.15. The predicted octanol–water partition coefficient (Wildman–Crippen LogP) is 2.37. The van der Waals surface area contributed by atoms with Crippen molar-refractivity contribution in [2.24, 2.45) is 5.92 Å². The number of aromatic nitrogens is 4. The monoisotopic (exact) mass is 325 g/mol. The van der Waals surface area contributed by atoms with Gasteiger partial charge in [-0.3, -0.25) is 5.10 Å². The van der Waals surface area contributed by atoms with E-state index in [1.54, 1.807) is 6.20 Å². The Labute approximate surface area is 141 Å². The summed E-state index contributed by atoms with van der Waals surface area (Å²) in [5.41, 5.74) is 1.22. The van der Waals surface area contributed by atoms with Gasteiger partial charge in [0.05, 0.1) is 0 Å². The first-order valence-corrected chi connectivity index (χ1v) is 8.99. The average molecular weight is 325 g/mol. The van der Waals surface area contributed by atoms with Crippen molar-refractivity contribution in [1.82, 2.24) is 25.5 Å². The van der Waals surface area contributed by atoms with Crippen LogP contribution < -0.4 is 16.0 Å². The molecule has 0 spiro atoms. The SMILES string of the molecule is c1cc(Nc2cc(C3CC3)[nH]n2)nc(NCC2CC3CCC2N3)n1. The maximum atomic E-state index is 4.55. The molecule has 2 aliphatic heterocycles. The van der Waals surface area contributed by atoms with E-state index < -0.39 is 0 Å². The van der Waals surface area contributed by atoms with Gasteiger partial charge in [0.1, 0.15) is 5.82 Å². The third kappa shape index (κ3) is 2.84. The van der Waals surface area contributed by atoms with E-state index in [0.29, 0.717) is 23.8 Å². The minimum atomic E-state index is 0.672. The van der Waals surface area contributed by atoms with Crippen molar-refractivity contribution >= 4 is 17.6 Å². The quantitative estimate of drug-likeness (QED) is 0.652. The van der Waals surface area contributed by atoms with E-state index in [1.165, 1.54) is 37.8 Å². The largest absolute Gasteiger partial charge is 0.354 e. The van der Waals surface area contributed by atoms with Gasteiger partial charge in [-0.25, -0.2) is 4.98 Å². The van der Waals surface area contributed by atoms with Gasteiger partial charge in [0.15, 0.2) is 5.82 Å². The topological polar surface area (TPSA) is 90.5 Å². The summed E-state index contributed by atoms with van der Waals surface area (Å²) in [5, 5.41) is 17.7. The summed E-state index contributed by atoms with van der Waals surface area (Å²) in [6.07, 6.45) is 8.23. The van der Waals surface area contributed by atoms with Gasteiger partial charge in [-0.1, -0.05) is 0 Å². The molecule has 1 saturated carbocycles. The van der Waals surface area contributed by atoms with Crippen molar-refractivity contribution in [3.63, 3.8) is 0 Å². The van der Waals surface area contributed by atoms with Gasteiger partial charge in [0.25, 0.3) is 0 Å². The Bertz CT molecular complexity index is 723. The summed E-state index contributed by atoms with van der Waals surface area (Å²) in [5.74, 6) is 3.63. The zero-order valence-electron chi connectivity index (χ0n) is 13.6. The van der Waals surface area contributed by atoms with E-state index in [9.17, 15) is 0 Å². The van der Waals surface area contributed by atoms with Crippen LogP contribution in [0, 0.1) is 5.92 Å². The molecule has 0 aromatic carbocycles. The van der Waals surface area contributed by atoms with Crippen LogP contribution in [0.5, 0.6) is 0 Å². The third-order valence-corrected chi connectivity index (χ3v) is 5.48. The Morgan fingerprint density at radius 3 is 2.92 bits per heavy atom. The fourth-order valence-corrected chi connectivity index (χ4v) is 4.03.